The van der Waals surface area contributed by atoms with Crippen LogP contribution in [0.25, 0.3) is 0 Å². The molecule has 1 saturated carbocycles. The van der Waals surface area contributed by atoms with Crippen LogP contribution in [-0.2, 0) is 0 Å². The van der Waals surface area contributed by atoms with Gasteiger partial charge < -0.3 is 10.6 Å². The van der Waals surface area contributed by atoms with Crippen LogP contribution in [0, 0.1) is 6.92 Å². The Morgan fingerprint density at radius 3 is 2.57 bits per heavy atom. The number of aryl methyl sites for hydroxylation is 1. The third kappa shape index (κ3) is 3.10. The molecule has 0 bridgehead atoms. The first-order chi connectivity index (χ1) is 10.1. The highest BCUT2D eigenvalue weighted by molar-refractivity contribution is 6.08. The molecule has 108 valence electrons. The second-order valence-electron chi connectivity index (χ2n) is 5.23. The van der Waals surface area contributed by atoms with E-state index in [2.05, 4.69) is 20.8 Å². The maximum absolute atomic E-state index is 12.1. The molecule has 1 heterocycles. The molecule has 0 saturated heterocycles. The number of amides is 2. The van der Waals surface area contributed by atoms with Crippen molar-refractivity contribution in [1.82, 2.24) is 15.5 Å². The molecule has 0 unspecified atom stereocenters. The Morgan fingerprint density at radius 1 is 1.19 bits per heavy atom. The van der Waals surface area contributed by atoms with E-state index in [4.69, 9.17) is 0 Å². The van der Waals surface area contributed by atoms with E-state index in [0.717, 1.165) is 18.4 Å². The highest BCUT2D eigenvalue weighted by atomic mass is 16.2. The molecule has 0 radical (unpaired) electrons. The highest BCUT2D eigenvalue weighted by Crippen LogP contribution is 2.20. The Balaban J connectivity index is 1.72. The lowest BCUT2D eigenvalue weighted by Gasteiger charge is -2.06. The monoisotopic (exact) mass is 284 g/mol. The number of rotatable bonds is 4. The van der Waals surface area contributed by atoms with E-state index in [0.29, 0.717) is 16.9 Å². The quantitative estimate of drug-likeness (QED) is 0.801. The Kier molecular flexibility index (Phi) is 3.43. The molecule has 0 spiro atoms. The van der Waals surface area contributed by atoms with E-state index in [9.17, 15) is 9.59 Å². The molecule has 1 aromatic heterocycles. The number of anilines is 1. The maximum atomic E-state index is 12.1. The normalized spacial score (nSPS) is 13.8. The zero-order chi connectivity index (χ0) is 14.8. The second-order valence-corrected chi connectivity index (χ2v) is 5.23. The standard InChI is InChI=1S/C15H16N4O2/c1-9-2-4-10(5-3-9)14(20)18-13-12(8-16-19-13)15(21)17-11-6-7-11/h2-5,8,11H,6-7H2,1H3,(H,17,21)(H2,16,18,19,20). The number of nitrogens with one attached hydrogen (secondary N) is 3. The van der Waals surface area contributed by atoms with Gasteiger partial charge in [-0.05, 0) is 31.9 Å². The lowest BCUT2D eigenvalue weighted by molar-refractivity contribution is 0.0952. The summed E-state index contributed by atoms with van der Waals surface area (Å²) in [5, 5.41) is 12.0. The molecule has 21 heavy (non-hydrogen) atoms. The summed E-state index contributed by atoms with van der Waals surface area (Å²) in [5.41, 5.74) is 1.96. The van der Waals surface area contributed by atoms with Crippen molar-refractivity contribution in [2.24, 2.45) is 0 Å². The molecule has 3 N–H and O–H groups in total. The predicted octanol–water partition coefficient (Wildman–Crippen LogP) is 1.86. The zero-order valence-corrected chi connectivity index (χ0v) is 11.6. The minimum Gasteiger partial charge on any atom is -0.349 e. The van der Waals surface area contributed by atoms with Crippen molar-refractivity contribution >= 4 is 17.6 Å². The number of H-pyrrole nitrogens is 1. The lowest BCUT2D eigenvalue weighted by Crippen LogP contribution is -2.26. The fourth-order valence-electron chi connectivity index (χ4n) is 1.94. The molecule has 2 amide bonds. The molecule has 1 fully saturated rings. The van der Waals surface area contributed by atoms with Crippen molar-refractivity contribution in [3.63, 3.8) is 0 Å². The first-order valence-corrected chi connectivity index (χ1v) is 6.86. The van der Waals surface area contributed by atoms with Gasteiger partial charge in [-0.15, -0.1) is 0 Å². The van der Waals surface area contributed by atoms with E-state index >= 15 is 0 Å². The molecule has 1 aromatic carbocycles. The molecular weight excluding hydrogens is 268 g/mol. The van der Waals surface area contributed by atoms with Crippen LogP contribution >= 0.6 is 0 Å². The molecule has 1 aliphatic carbocycles. The Bertz CT molecular complexity index is 671. The minimum atomic E-state index is -0.278. The lowest BCUT2D eigenvalue weighted by atomic mass is 10.1. The third-order valence-corrected chi connectivity index (χ3v) is 3.35. The number of benzene rings is 1. The molecule has 3 rings (SSSR count). The van der Waals surface area contributed by atoms with Gasteiger partial charge in [-0.1, -0.05) is 17.7 Å². The first kappa shape index (κ1) is 13.4. The van der Waals surface area contributed by atoms with E-state index in [1.807, 2.05) is 19.1 Å². The summed E-state index contributed by atoms with van der Waals surface area (Å²) >= 11 is 0. The Morgan fingerprint density at radius 2 is 1.90 bits per heavy atom. The summed E-state index contributed by atoms with van der Waals surface area (Å²) in [6.07, 6.45) is 3.44. The van der Waals surface area contributed by atoms with E-state index in [-0.39, 0.29) is 17.9 Å². The van der Waals surface area contributed by atoms with Gasteiger partial charge in [-0.2, -0.15) is 5.10 Å². The highest BCUT2D eigenvalue weighted by Gasteiger charge is 2.26. The van der Waals surface area contributed by atoms with E-state index in [1.54, 1.807) is 12.1 Å². The average molecular weight is 284 g/mol. The van der Waals surface area contributed by atoms with Gasteiger partial charge >= 0.3 is 0 Å². The fourth-order valence-corrected chi connectivity index (χ4v) is 1.94. The molecule has 0 atom stereocenters. The van der Waals surface area contributed by atoms with Crippen molar-refractivity contribution in [3.05, 3.63) is 47.2 Å². The maximum Gasteiger partial charge on any atom is 0.256 e. The molecule has 1 aliphatic rings. The van der Waals surface area contributed by atoms with Crippen molar-refractivity contribution in [2.75, 3.05) is 5.32 Å². The number of carbonyl (C=O) groups is 2. The van der Waals surface area contributed by atoms with Crippen molar-refractivity contribution < 1.29 is 9.59 Å². The van der Waals surface area contributed by atoms with Crippen molar-refractivity contribution in [1.29, 1.82) is 0 Å². The van der Waals surface area contributed by atoms with Crippen LogP contribution < -0.4 is 10.6 Å². The topological polar surface area (TPSA) is 86.9 Å². The number of aromatic nitrogens is 2. The fraction of sp³-hybridized carbons (Fsp3) is 0.267. The summed E-state index contributed by atoms with van der Waals surface area (Å²) in [6, 6.07) is 7.47. The van der Waals surface area contributed by atoms with Gasteiger partial charge in [0.05, 0.1) is 6.20 Å². The average Bonchev–Trinajstić information content (AvgIpc) is 3.15. The third-order valence-electron chi connectivity index (χ3n) is 3.35. The van der Waals surface area contributed by atoms with Crippen LogP contribution in [0.4, 0.5) is 5.82 Å². The van der Waals surface area contributed by atoms with Crippen molar-refractivity contribution in [2.45, 2.75) is 25.8 Å². The van der Waals surface area contributed by atoms with Crippen LogP contribution in [0.2, 0.25) is 0 Å². The van der Waals surface area contributed by atoms with Crippen molar-refractivity contribution in [3.8, 4) is 0 Å². The summed E-state index contributed by atoms with van der Waals surface area (Å²) in [7, 11) is 0. The number of aromatic amines is 1. The second kappa shape index (κ2) is 5.40. The predicted molar refractivity (Wildman–Crippen MR) is 78.2 cm³/mol. The van der Waals surface area contributed by atoms with Gasteiger partial charge in [0.15, 0.2) is 0 Å². The van der Waals surface area contributed by atoms with Gasteiger partial charge in [0.1, 0.15) is 11.4 Å². The smallest absolute Gasteiger partial charge is 0.256 e. The largest absolute Gasteiger partial charge is 0.349 e. The van der Waals surface area contributed by atoms with Gasteiger partial charge in [0.2, 0.25) is 0 Å². The number of hydrogen-bond acceptors (Lipinski definition) is 3. The Hall–Kier alpha value is -2.63. The van der Waals surface area contributed by atoms with Crippen LogP contribution in [0.5, 0.6) is 0 Å². The van der Waals surface area contributed by atoms with Crippen LogP contribution in [0.15, 0.2) is 30.5 Å². The molecular formula is C15H16N4O2. The summed E-state index contributed by atoms with van der Waals surface area (Å²) < 4.78 is 0. The summed E-state index contributed by atoms with van der Waals surface area (Å²) in [5.74, 6) is -0.177. The van der Waals surface area contributed by atoms with E-state index in [1.165, 1.54) is 6.20 Å². The number of hydrogen-bond donors (Lipinski definition) is 3. The van der Waals surface area contributed by atoms with Crippen LogP contribution in [0.1, 0.15) is 39.1 Å². The van der Waals surface area contributed by atoms with Gasteiger partial charge in [0.25, 0.3) is 11.8 Å². The van der Waals surface area contributed by atoms with Gasteiger partial charge in [-0.25, -0.2) is 0 Å². The van der Waals surface area contributed by atoms with Gasteiger partial charge in [-0.3, -0.25) is 14.7 Å². The van der Waals surface area contributed by atoms with Crippen LogP contribution in [0.3, 0.4) is 0 Å². The molecule has 0 aliphatic heterocycles. The number of carbonyl (C=O) groups excluding carboxylic acids is 2. The first-order valence-electron chi connectivity index (χ1n) is 6.86. The van der Waals surface area contributed by atoms with Crippen LogP contribution in [-0.4, -0.2) is 28.1 Å². The Labute approximate surface area is 121 Å². The minimum absolute atomic E-state index is 0.217. The van der Waals surface area contributed by atoms with E-state index < -0.39 is 0 Å². The summed E-state index contributed by atoms with van der Waals surface area (Å²) in [6.45, 7) is 1.96. The zero-order valence-electron chi connectivity index (χ0n) is 11.6. The number of nitrogens with zero attached hydrogens (tertiary/aromatic N) is 1. The SMILES string of the molecule is Cc1ccc(C(=O)Nc2[nH]ncc2C(=O)NC2CC2)cc1. The summed E-state index contributed by atoms with van der Waals surface area (Å²) in [4.78, 5) is 24.2. The molecule has 6 nitrogen and oxygen atoms in total. The van der Waals surface area contributed by atoms with Gasteiger partial charge in [0, 0.05) is 11.6 Å². The molecule has 2 aromatic rings. The molecule has 6 heteroatoms.